The van der Waals surface area contributed by atoms with Crippen molar-refractivity contribution in [3.05, 3.63) is 22.8 Å². The second kappa shape index (κ2) is 3.93. The van der Waals surface area contributed by atoms with Crippen LogP contribution in [-0.2, 0) is 0 Å². The Morgan fingerprint density at radius 1 is 0.375 bits per heavy atom. The largest absolute Gasteiger partial charge is 0.104 e. The molecule has 1 rings (SSSR count). The van der Waals surface area contributed by atoms with Crippen LogP contribution in [0.5, 0.6) is 0 Å². The summed E-state index contributed by atoms with van der Waals surface area (Å²) in [5.41, 5.74) is 10.8. The average molecular weight is 285 g/mol. The van der Waals surface area contributed by atoms with Crippen LogP contribution in [0.15, 0.2) is 22.8 Å². The molecule has 0 radical (unpaired) electrons. The van der Waals surface area contributed by atoms with Gasteiger partial charge in [0.15, 0.2) is 0 Å². The van der Waals surface area contributed by atoms with Crippen LogP contribution in [0.4, 0.5) is 0 Å². The van der Waals surface area contributed by atoms with Gasteiger partial charge >= 0.3 is 0 Å². The van der Waals surface area contributed by atoms with E-state index in [1.807, 2.05) is 0 Å². The summed E-state index contributed by atoms with van der Waals surface area (Å²) < 4.78 is 0. The summed E-state index contributed by atoms with van der Waals surface area (Å²) in [6.45, 7) is 20.5. The molecule has 0 aromatic carbocycles. The lowest BCUT2D eigenvalue weighted by atomic mass is 11.2. The van der Waals surface area contributed by atoms with Gasteiger partial charge in [0.1, 0.15) is 0 Å². The van der Waals surface area contributed by atoms with Crippen LogP contribution in [0, 0.1) is 0 Å². The summed E-state index contributed by atoms with van der Waals surface area (Å²) >= 11 is 0. The van der Waals surface area contributed by atoms with E-state index in [0.29, 0.717) is 0 Å². The van der Waals surface area contributed by atoms with E-state index in [4.69, 9.17) is 0 Å². The minimum absolute atomic E-state index is 1.12. The fraction of sp³-hybridized carbons (Fsp3) is 0.667. The molecule has 0 nitrogen and oxygen atoms in total. The molecule has 0 aromatic rings. The molecule has 0 saturated carbocycles. The molecular formula is C12H28Si4. The molecule has 0 amide bonds. The summed E-state index contributed by atoms with van der Waals surface area (Å²) in [5.74, 6) is 0. The molecule has 4 heteroatoms. The van der Waals surface area contributed by atoms with Crippen LogP contribution < -0.4 is 0 Å². The van der Waals surface area contributed by atoms with E-state index in [1.54, 1.807) is 0 Å². The van der Waals surface area contributed by atoms with Gasteiger partial charge in [0.05, 0.1) is 30.4 Å². The van der Waals surface area contributed by atoms with E-state index in [2.05, 4.69) is 75.2 Å². The molecule has 1 heterocycles. The first-order chi connectivity index (χ1) is 6.91. The van der Waals surface area contributed by atoms with Crippen molar-refractivity contribution in [2.45, 2.75) is 52.4 Å². The lowest BCUT2D eigenvalue weighted by Gasteiger charge is -2.41. The first-order valence-electron chi connectivity index (χ1n) is 6.32. The first-order valence-corrected chi connectivity index (χ1v) is 20.6. The molecule has 0 fully saturated rings. The Labute approximate surface area is 105 Å². The minimum atomic E-state index is -1.12. The maximum absolute atomic E-state index is 2.70. The Bertz CT molecular complexity index is 269. The molecular weight excluding hydrogens is 256 g/mol. The molecule has 0 saturated heterocycles. The Balaban J connectivity index is 3.29. The van der Waals surface area contributed by atoms with Crippen LogP contribution in [-0.4, -0.2) is 30.4 Å². The van der Waals surface area contributed by atoms with Gasteiger partial charge in [-0.2, -0.15) is 0 Å². The maximum atomic E-state index is 2.70. The van der Waals surface area contributed by atoms with Crippen molar-refractivity contribution in [3.63, 3.8) is 0 Å². The highest BCUT2D eigenvalue weighted by Crippen LogP contribution is 2.30. The minimum Gasteiger partial charge on any atom is -0.104 e. The number of hydrogen-bond donors (Lipinski definition) is 0. The van der Waals surface area contributed by atoms with Gasteiger partial charge in [-0.15, -0.1) is 22.8 Å². The van der Waals surface area contributed by atoms with Crippen LogP contribution in [0.25, 0.3) is 0 Å². The highest BCUT2D eigenvalue weighted by Gasteiger charge is 2.43. The van der Waals surface area contributed by atoms with Gasteiger partial charge in [0.2, 0.25) is 0 Å². The average Bonchev–Trinajstić information content (AvgIpc) is 2.11. The summed E-state index contributed by atoms with van der Waals surface area (Å²) in [7, 11) is -4.49. The topological polar surface area (TPSA) is 0 Å². The predicted molar refractivity (Wildman–Crippen MR) is 88.2 cm³/mol. The lowest BCUT2D eigenvalue weighted by molar-refractivity contribution is 1.74. The summed E-state index contributed by atoms with van der Waals surface area (Å²) in [6, 6.07) is 0. The van der Waals surface area contributed by atoms with Gasteiger partial charge in [-0.3, -0.25) is 0 Å². The van der Waals surface area contributed by atoms with Crippen LogP contribution in [0.2, 0.25) is 52.4 Å². The van der Waals surface area contributed by atoms with Crippen LogP contribution in [0.3, 0.4) is 0 Å². The molecule has 0 atom stereocenters. The van der Waals surface area contributed by atoms with Crippen molar-refractivity contribution in [2.24, 2.45) is 0 Å². The fourth-order valence-corrected chi connectivity index (χ4v) is 18.2. The summed E-state index contributed by atoms with van der Waals surface area (Å²) in [5, 5.41) is 0. The molecule has 92 valence electrons. The van der Waals surface area contributed by atoms with Gasteiger partial charge in [0, 0.05) is 0 Å². The molecule has 0 unspecified atom stereocenters. The number of rotatable bonds is 0. The van der Waals surface area contributed by atoms with Crippen LogP contribution >= 0.6 is 0 Å². The van der Waals surface area contributed by atoms with Crippen molar-refractivity contribution in [1.29, 1.82) is 0 Å². The van der Waals surface area contributed by atoms with E-state index >= 15 is 0 Å². The van der Waals surface area contributed by atoms with Gasteiger partial charge in [-0.25, -0.2) is 0 Å². The smallest absolute Gasteiger partial charge is 0.0683 e. The van der Waals surface area contributed by atoms with E-state index < -0.39 is 30.4 Å². The zero-order chi connectivity index (χ0) is 12.8. The zero-order valence-corrected chi connectivity index (χ0v) is 16.3. The van der Waals surface area contributed by atoms with Gasteiger partial charge in [-0.05, 0) is 0 Å². The van der Waals surface area contributed by atoms with Crippen LogP contribution in [0.1, 0.15) is 0 Å². The molecule has 0 bridgehead atoms. The summed E-state index contributed by atoms with van der Waals surface area (Å²) in [4.78, 5) is 0. The maximum Gasteiger partial charge on any atom is 0.0683 e. The van der Waals surface area contributed by atoms with Crippen molar-refractivity contribution >= 4 is 30.4 Å². The third-order valence-corrected chi connectivity index (χ3v) is 38.4. The highest BCUT2D eigenvalue weighted by molar-refractivity contribution is 7.49. The molecule has 1 aliphatic heterocycles. The second-order valence-corrected chi connectivity index (χ2v) is 38.1. The second-order valence-electron chi connectivity index (χ2n) is 7.55. The third-order valence-electron chi connectivity index (χ3n) is 5.15. The van der Waals surface area contributed by atoms with Gasteiger partial charge < -0.3 is 0 Å². The Kier molecular flexibility index (Phi) is 3.54. The van der Waals surface area contributed by atoms with E-state index in [9.17, 15) is 0 Å². The predicted octanol–water partition coefficient (Wildman–Crippen LogP) is 4.26. The SMILES string of the molecule is C[Si]1(C)C=C[Si](C)(C)[Si](C)(C)C=C[Si]1(C)C. The molecule has 0 aromatic heterocycles. The normalized spacial score (nSPS) is 29.5. The molecule has 1 aliphatic rings. The first kappa shape index (κ1) is 14.4. The third kappa shape index (κ3) is 2.44. The van der Waals surface area contributed by atoms with E-state index in [-0.39, 0.29) is 0 Å². The number of hydrogen-bond acceptors (Lipinski definition) is 0. The van der Waals surface area contributed by atoms with Gasteiger partial charge in [-0.1, -0.05) is 52.4 Å². The lowest BCUT2D eigenvalue weighted by Crippen LogP contribution is -2.58. The van der Waals surface area contributed by atoms with E-state index in [1.165, 1.54) is 0 Å². The molecule has 16 heavy (non-hydrogen) atoms. The molecule has 0 N–H and O–H groups in total. The monoisotopic (exact) mass is 284 g/mol. The van der Waals surface area contributed by atoms with Gasteiger partial charge in [0.25, 0.3) is 0 Å². The molecule has 0 aliphatic carbocycles. The fourth-order valence-electron chi connectivity index (χ4n) is 1.69. The van der Waals surface area contributed by atoms with Crippen molar-refractivity contribution in [3.8, 4) is 0 Å². The standard InChI is InChI=1S/C12H28Si4/c1-13(2)9-10-15(5,6)16(7,8)12-11-14(13,3)4/h9-12H,1-8H3. The van der Waals surface area contributed by atoms with E-state index in [0.717, 1.165) is 0 Å². The zero-order valence-electron chi connectivity index (χ0n) is 12.3. The van der Waals surface area contributed by atoms with Crippen molar-refractivity contribution in [1.82, 2.24) is 0 Å². The Hall–Kier alpha value is 0.348. The Morgan fingerprint density at radius 2 is 0.500 bits per heavy atom. The highest BCUT2D eigenvalue weighted by atomic mass is 29.3. The molecule has 0 spiro atoms. The van der Waals surface area contributed by atoms with Crippen molar-refractivity contribution < 1.29 is 0 Å². The Morgan fingerprint density at radius 3 is 0.625 bits per heavy atom. The summed E-state index contributed by atoms with van der Waals surface area (Å²) in [6.07, 6.45) is 0. The van der Waals surface area contributed by atoms with Crippen molar-refractivity contribution in [2.75, 3.05) is 0 Å². The quantitative estimate of drug-likeness (QED) is 0.583.